The molecular weight excluding hydrogens is 604 g/mol. The number of hydrogen-bond donors (Lipinski definition) is 4. The van der Waals surface area contributed by atoms with E-state index < -0.39 is 23.9 Å². The van der Waals surface area contributed by atoms with Gasteiger partial charge in [-0.2, -0.15) is 5.10 Å². The van der Waals surface area contributed by atoms with Crippen molar-refractivity contribution in [2.75, 3.05) is 20.8 Å². The Hall–Kier alpha value is -3.58. The van der Waals surface area contributed by atoms with E-state index in [1.807, 2.05) is 0 Å². The molecule has 13 heteroatoms. The zero-order valence-electron chi connectivity index (χ0n) is 19.3. The van der Waals surface area contributed by atoms with Gasteiger partial charge < -0.3 is 30.0 Å². The summed E-state index contributed by atoms with van der Waals surface area (Å²) in [6.07, 6.45) is 1.29. The SMILES string of the molecule is COC(=O)C1=C(C)NC(=O)N[C@@H]1c1ccc(OCC(=O)N/N=C\c2cc(Br)cc(Br)c2O)c(OC)c1. The highest BCUT2D eigenvalue weighted by Crippen LogP contribution is 2.34. The number of carbonyl (C=O) groups is 3. The van der Waals surface area contributed by atoms with Crippen molar-refractivity contribution in [3.8, 4) is 17.2 Å². The highest BCUT2D eigenvalue weighted by Gasteiger charge is 2.32. The van der Waals surface area contributed by atoms with Crippen LogP contribution in [0.25, 0.3) is 0 Å². The second kappa shape index (κ2) is 11.9. The molecule has 190 valence electrons. The highest BCUT2D eigenvalue weighted by molar-refractivity contribution is 9.11. The molecule has 0 aromatic heterocycles. The average molecular weight is 626 g/mol. The van der Waals surface area contributed by atoms with Crippen LogP contribution in [0.1, 0.15) is 24.1 Å². The first kappa shape index (κ1) is 27.0. The van der Waals surface area contributed by atoms with Crippen LogP contribution < -0.4 is 25.5 Å². The number of rotatable bonds is 8. The molecule has 1 atom stereocenters. The summed E-state index contributed by atoms with van der Waals surface area (Å²) < 4.78 is 17.0. The van der Waals surface area contributed by atoms with E-state index in [1.165, 1.54) is 20.4 Å². The number of methoxy groups -OCH3 is 2. The molecule has 0 spiro atoms. The quantitative estimate of drug-likeness (QED) is 0.200. The summed E-state index contributed by atoms with van der Waals surface area (Å²) in [5, 5.41) is 19.1. The van der Waals surface area contributed by atoms with Crippen LogP contribution in [0.2, 0.25) is 0 Å². The number of phenolic OH excluding ortho intramolecular Hbond substituents is 1. The molecule has 0 saturated carbocycles. The largest absolute Gasteiger partial charge is 0.506 e. The molecule has 36 heavy (non-hydrogen) atoms. The molecule has 2 aromatic carbocycles. The van der Waals surface area contributed by atoms with Gasteiger partial charge in [0, 0.05) is 15.7 Å². The average Bonchev–Trinajstić information content (AvgIpc) is 2.84. The van der Waals surface area contributed by atoms with E-state index in [-0.39, 0.29) is 29.4 Å². The number of hydrogen-bond acceptors (Lipinski definition) is 8. The molecule has 11 nitrogen and oxygen atoms in total. The van der Waals surface area contributed by atoms with Gasteiger partial charge in [0.25, 0.3) is 5.91 Å². The van der Waals surface area contributed by atoms with Crippen molar-refractivity contribution in [3.05, 3.63) is 61.7 Å². The number of aromatic hydroxyl groups is 1. The van der Waals surface area contributed by atoms with Crippen LogP contribution in [0, 0.1) is 0 Å². The van der Waals surface area contributed by atoms with E-state index in [4.69, 9.17) is 14.2 Å². The number of nitrogens with zero attached hydrogens (tertiary/aromatic N) is 1. The van der Waals surface area contributed by atoms with Crippen LogP contribution in [0.4, 0.5) is 4.79 Å². The molecular formula is C23H22Br2N4O7. The van der Waals surface area contributed by atoms with Gasteiger partial charge in [0.15, 0.2) is 18.1 Å². The first-order valence-corrected chi connectivity index (χ1v) is 11.9. The lowest BCUT2D eigenvalue weighted by Crippen LogP contribution is -2.45. The number of carbonyl (C=O) groups excluding carboxylic acids is 3. The Morgan fingerprint density at radius 3 is 2.64 bits per heavy atom. The van der Waals surface area contributed by atoms with Crippen LogP contribution in [0.15, 0.2) is 55.6 Å². The normalized spacial score (nSPS) is 15.2. The molecule has 0 radical (unpaired) electrons. The monoisotopic (exact) mass is 624 g/mol. The van der Waals surface area contributed by atoms with E-state index >= 15 is 0 Å². The van der Waals surface area contributed by atoms with Crippen LogP contribution in [0.5, 0.6) is 17.2 Å². The smallest absolute Gasteiger partial charge is 0.337 e. The second-order valence-corrected chi connectivity index (χ2v) is 9.15. The van der Waals surface area contributed by atoms with Gasteiger partial charge in [-0.3, -0.25) is 4.79 Å². The van der Waals surface area contributed by atoms with Crippen molar-refractivity contribution in [3.63, 3.8) is 0 Å². The number of halogens is 2. The Morgan fingerprint density at radius 2 is 1.94 bits per heavy atom. The van der Waals surface area contributed by atoms with E-state index in [2.05, 4.69) is 53.0 Å². The van der Waals surface area contributed by atoms with Crippen LogP contribution >= 0.6 is 31.9 Å². The van der Waals surface area contributed by atoms with Crippen LogP contribution in [-0.2, 0) is 14.3 Å². The lowest BCUT2D eigenvalue weighted by molar-refractivity contribution is -0.136. The number of ether oxygens (including phenoxy) is 3. The predicted octanol–water partition coefficient (Wildman–Crippen LogP) is 3.26. The first-order valence-electron chi connectivity index (χ1n) is 10.3. The zero-order valence-corrected chi connectivity index (χ0v) is 22.5. The summed E-state index contributed by atoms with van der Waals surface area (Å²) in [7, 11) is 2.67. The molecule has 0 saturated heterocycles. The zero-order chi connectivity index (χ0) is 26.4. The van der Waals surface area contributed by atoms with Gasteiger partial charge in [0.2, 0.25) is 0 Å². The fourth-order valence-electron chi connectivity index (χ4n) is 3.34. The van der Waals surface area contributed by atoms with Gasteiger partial charge in [0.1, 0.15) is 5.75 Å². The van der Waals surface area contributed by atoms with Crippen LogP contribution in [0.3, 0.4) is 0 Å². The maximum absolute atomic E-state index is 12.3. The minimum atomic E-state index is -0.777. The van der Waals surface area contributed by atoms with Crippen LogP contribution in [-0.4, -0.2) is 50.1 Å². The standard InChI is InChI=1S/C23H22Br2N4O7/c1-11-19(22(32)35-3)20(28-23(33)27-11)12-4-5-16(17(7-12)34-2)36-10-18(30)29-26-9-13-6-14(24)8-15(25)21(13)31/h4-9,20,31H,10H2,1-3H3,(H,29,30)(H2,27,28,33)/b26-9-/t20-/m1/s1. The fraction of sp³-hybridized carbons (Fsp3) is 0.217. The molecule has 0 aliphatic carbocycles. The number of hydrazone groups is 1. The number of benzene rings is 2. The van der Waals surface area contributed by atoms with Gasteiger partial charge in [-0.15, -0.1) is 0 Å². The van der Waals surface area contributed by atoms with Crippen molar-refractivity contribution >= 4 is 56.0 Å². The van der Waals surface area contributed by atoms with E-state index in [9.17, 15) is 19.5 Å². The lowest BCUT2D eigenvalue weighted by Gasteiger charge is -2.28. The Morgan fingerprint density at radius 1 is 1.19 bits per heavy atom. The summed E-state index contributed by atoms with van der Waals surface area (Å²) in [5.41, 5.74) is 3.86. The van der Waals surface area contributed by atoms with Gasteiger partial charge in [-0.25, -0.2) is 15.0 Å². The summed E-state index contributed by atoms with van der Waals surface area (Å²) in [6, 6.07) is 6.84. The summed E-state index contributed by atoms with van der Waals surface area (Å²) in [4.78, 5) is 36.5. The first-order chi connectivity index (χ1) is 17.1. The molecule has 3 rings (SSSR count). The van der Waals surface area contributed by atoms with Crippen molar-refractivity contribution in [2.45, 2.75) is 13.0 Å². The third-order valence-corrected chi connectivity index (χ3v) is 6.07. The van der Waals surface area contributed by atoms with E-state index in [0.29, 0.717) is 25.8 Å². The lowest BCUT2D eigenvalue weighted by atomic mass is 9.95. The molecule has 0 fully saturated rings. The second-order valence-electron chi connectivity index (χ2n) is 7.38. The molecule has 0 unspecified atom stereocenters. The van der Waals surface area contributed by atoms with Gasteiger partial charge in [0.05, 0.1) is 36.5 Å². The van der Waals surface area contributed by atoms with Crippen molar-refractivity contribution in [2.24, 2.45) is 5.10 Å². The third kappa shape index (κ3) is 6.34. The highest BCUT2D eigenvalue weighted by atomic mass is 79.9. The minimum Gasteiger partial charge on any atom is -0.506 e. The number of phenols is 1. The number of allylic oxidation sites excluding steroid dienone is 1. The minimum absolute atomic E-state index is 0.0254. The summed E-state index contributed by atoms with van der Waals surface area (Å²) in [5.74, 6) is -0.632. The predicted molar refractivity (Wildman–Crippen MR) is 137 cm³/mol. The number of amides is 3. The summed E-state index contributed by atoms with van der Waals surface area (Å²) in [6.45, 7) is 1.22. The number of nitrogens with one attached hydrogen (secondary N) is 3. The van der Waals surface area contributed by atoms with Crippen molar-refractivity contribution < 1.29 is 33.7 Å². The van der Waals surface area contributed by atoms with Crippen molar-refractivity contribution in [1.82, 2.24) is 16.1 Å². The number of esters is 1. The number of urea groups is 1. The topological polar surface area (TPSA) is 148 Å². The molecule has 2 aromatic rings. The third-order valence-electron chi connectivity index (χ3n) is 5.00. The molecule has 0 bridgehead atoms. The molecule has 1 heterocycles. The van der Waals surface area contributed by atoms with E-state index in [0.717, 1.165) is 0 Å². The molecule has 3 amide bonds. The Bertz CT molecular complexity index is 1260. The van der Waals surface area contributed by atoms with E-state index in [1.54, 1.807) is 37.3 Å². The Kier molecular flexibility index (Phi) is 8.93. The molecule has 1 aliphatic heterocycles. The van der Waals surface area contributed by atoms with Gasteiger partial charge >= 0.3 is 12.0 Å². The molecule has 4 N–H and O–H groups in total. The maximum Gasteiger partial charge on any atom is 0.337 e. The molecule has 1 aliphatic rings. The Labute approximate surface area is 223 Å². The summed E-state index contributed by atoms with van der Waals surface area (Å²) >= 11 is 6.53. The fourth-order valence-corrected chi connectivity index (χ4v) is 4.60. The van der Waals surface area contributed by atoms with Crippen molar-refractivity contribution in [1.29, 1.82) is 0 Å². The Balaban J connectivity index is 1.70. The maximum atomic E-state index is 12.3. The van der Waals surface area contributed by atoms with Gasteiger partial charge in [-0.05, 0) is 52.7 Å². The van der Waals surface area contributed by atoms with Gasteiger partial charge in [-0.1, -0.05) is 22.0 Å².